The first-order chi connectivity index (χ1) is 20.5. The van der Waals surface area contributed by atoms with Gasteiger partial charge in [-0.15, -0.1) is 0 Å². The van der Waals surface area contributed by atoms with E-state index in [0.717, 1.165) is 31.4 Å². The Labute approximate surface area is 245 Å². The fraction of sp³-hybridized carbons (Fsp3) is 0.467. The van der Waals surface area contributed by atoms with Gasteiger partial charge in [-0.25, -0.2) is 17.5 Å². The summed E-state index contributed by atoms with van der Waals surface area (Å²) in [5.74, 6) is -0.701. The number of amides is 1. The van der Waals surface area contributed by atoms with Crippen molar-refractivity contribution in [2.24, 2.45) is 5.92 Å². The molecule has 43 heavy (non-hydrogen) atoms. The molecule has 7 rings (SSSR count). The van der Waals surface area contributed by atoms with Crippen LogP contribution < -0.4 is 9.62 Å². The largest absolute Gasteiger partial charge is 0.417 e. The minimum Gasteiger partial charge on any atom is -0.373 e. The number of sulfonamides is 1. The van der Waals surface area contributed by atoms with E-state index in [1.807, 2.05) is 9.62 Å². The Hall–Kier alpha value is -3.45. The van der Waals surface area contributed by atoms with Crippen molar-refractivity contribution >= 4 is 21.6 Å². The van der Waals surface area contributed by atoms with E-state index >= 15 is 4.39 Å². The topological polar surface area (TPSA) is 102 Å². The molecule has 3 atom stereocenters. The van der Waals surface area contributed by atoms with Crippen molar-refractivity contribution in [2.75, 3.05) is 11.4 Å². The molecule has 1 amide bonds. The number of halogens is 4. The second-order valence-corrected chi connectivity index (χ2v) is 13.9. The Morgan fingerprint density at radius 1 is 1.09 bits per heavy atom. The van der Waals surface area contributed by atoms with Gasteiger partial charge < -0.3 is 14.2 Å². The molecule has 3 saturated carbocycles. The molecule has 13 heteroatoms. The van der Waals surface area contributed by atoms with Gasteiger partial charge in [0, 0.05) is 41.1 Å². The molecule has 1 aromatic heterocycles. The average molecular weight is 620 g/mol. The number of anilines is 1. The molecule has 0 unspecified atom stereocenters. The van der Waals surface area contributed by atoms with Crippen LogP contribution >= 0.6 is 0 Å². The zero-order valence-electron chi connectivity index (χ0n) is 22.9. The van der Waals surface area contributed by atoms with E-state index < -0.39 is 38.7 Å². The fourth-order valence-corrected chi connectivity index (χ4v) is 7.70. The van der Waals surface area contributed by atoms with Crippen LogP contribution in [-0.4, -0.2) is 43.4 Å². The summed E-state index contributed by atoms with van der Waals surface area (Å²) in [6, 6.07) is 9.26. The van der Waals surface area contributed by atoms with E-state index in [2.05, 4.69) is 5.16 Å². The summed E-state index contributed by atoms with van der Waals surface area (Å²) in [7, 11) is -3.75. The first-order valence-electron chi connectivity index (χ1n) is 14.4. The standard InChI is InChI=1S/C30H29F4N3O5S/c31-24-12-17(29(38)36-43(39,40)20-8-9-20)7-10-25(24)37-14-18-11-19(37)13-26(18)41-15-22-27(35-42-28(22)16-5-6-16)21-3-1-2-4-23(21)30(32,33)34/h1-4,7,10,12,16,18-20,26H,5-6,8-9,11,13-15H2,(H,36,38)/t18-,19-,26+/m0/s1. The lowest BCUT2D eigenvalue weighted by Gasteiger charge is -2.33. The predicted molar refractivity (Wildman–Crippen MR) is 147 cm³/mol. The monoisotopic (exact) mass is 619 g/mol. The number of rotatable bonds is 9. The number of benzene rings is 2. The zero-order chi connectivity index (χ0) is 30.1. The SMILES string of the molecule is O=C(NS(=O)(=O)C1CC1)c1ccc(N2C[C@@H]3C[C@H]2C[C@H]3OCc2c(-c3ccccc3C(F)(F)F)noc2C2CC2)c(F)c1. The van der Waals surface area contributed by atoms with Crippen molar-refractivity contribution in [1.29, 1.82) is 0 Å². The van der Waals surface area contributed by atoms with E-state index in [1.165, 1.54) is 24.3 Å². The number of hydrogen-bond acceptors (Lipinski definition) is 7. The highest BCUT2D eigenvalue weighted by molar-refractivity contribution is 7.91. The Balaban J connectivity index is 1.04. The van der Waals surface area contributed by atoms with Gasteiger partial charge in [-0.1, -0.05) is 23.4 Å². The van der Waals surface area contributed by atoms with Crippen molar-refractivity contribution in [1.82, 2.24) is 9.88 Å². The van der Waals surface area contributed by atoms with Crippen molar-refractivity contribution in [3.63, 3.8) is 0 Å². The maximum atomic E-state index is 15.2. The molecule has 0 radical (unpaired) electrons. The molecule has 0 spiro atoms. The Morgan fingerprint density at radius 2 is 1.86 bits per heavy atom. The number of alkyl halides is 3. The molecular formula is C30H29F4N3O5S. The lowest BCUT2D eigenvalue weighted by atomic mass is 9.99. The maximum absolute atomic E-state index is 15.2. The average Bonchev–Trinajstić information content (AvgIpc) is 3.89. The van der Waals surface area contributed by atoms with E-state index in [-0.39, 0.29) is 47.4 Å². The Morgan fingerprint density at radius 3 is 2.51 bits per heavy atom. The molecule has 1 saturated heterocycles. The Kier molecular flexibility index (Phi) is 6.80. The minimum absolute atomic E-state index is 0.0183. The van der Waals surface area contributed by atoms with Gasteiger partial charge in [-0.2, -0.15) is 13.2 Å². The summed E-state index contributed by atoms with van der Waals surface area (Å²) >= 11 is 0. The quantitative estimate of drug-likeness (QED) is 0.303. The number of carbonyl (C=O) groups is 1. The highest BCUT2D eigenvalue weighted by atomic mass is 32.2. The molecule has 1 aliphatic heterocycles. The van der Waals surface area contributed by atoms with E-state index in [4.69, 9.17) is 9.26 Å². The number of nitrogens with zero attached hydrogens (tertiary/aromatic N) is 2. The van der Waals surface area contributed by atoms with Crippen LogP contribution in [0.15, 0.2) is 47.0 Å². The molecule has 8 nitrogen and oxygen atoms in total. The zero-order valence-corrected chi connectivity index (χ0v) is 23.8. The Bertz CT molecular complexity index is 1680. The van der Waals surface area contributed by atoms with Crippen LogP contribution in [-0.2, 0) is 27.5 Å². The smallest absolute Gasteiger partial charge is 0.373 e. The number of carbonyl (C=O) groups excluding carboxylic acids is 1. The van der Waals surface area contributed by atoms with Crippen molar-refractivity contribution in [2.45, 2.75) is 74.6 Å². The van der Waals surface area contributed by atoms with Crippen LogP contribution in [0.3, 0.4) is 0 Å². The number of ether oxygens (including phenoxy) is 1. The molecule has 2 bridgehead atoms. The van der Waals surface area contributed by atoms with Crippen LogP contribution in [0.1, 0.15) is 71.7 Å². The van der Waals surface area contributed by atoms with Crippen molar-refractivity contribution < 1.29 is 40.0 Å². The van der Waals surface area contributed by atoms with Crippen molar-refractivity contribution in [3.05, 3.63) is 70.7 Å². The summed E-state index contributed by atoms with van der Waals surface area (Å²) in [6.07, 6.45) is -0.582. The third-order valence-corrected chi connectivity index (χ3v) is 10.7. The first-order valence-corrected chi connectivity index (χ1v) is 15.9. The third kappa shape index (κ3) is 5.41. The highest BCUT2D eigenvalue weighted by Crippen LogP contribution is 2.47. The van der Waals surface area contributed by atoms with Crippen LogP contribution in [0.4, 0.5) is 23.2 Å². The molecule has 3 aliphatic carbocycles. The molecule has 4 aliphatic rings. The number of fused-ring (bicyclic) bond motifs is 2. The number of piperidine rings is 1. The highest BCUT2D eigenvalue weighted by Gasteiger charge is 2.46. The normalized spacial score (nSPS) is 23.6. The van der Waals surface area contributed by atoms with Gasteiger partial charge >= 0.3 is 6.18 Å². The number of nitrogens with one attached hydrogen (secondary N) is 1. The summed E-state index contributed by atoms with van der Waals surface area (Å²) in [5.41, 5.74) is 0.129. The lowest BCUT2D eigenvalue weighted by molar-refractivity contribution is -0.137. The summed E-state index contributed by atoms with van der Waals surface area (Å²) in [6.45, 7) is 0.573. The van der Waals surface area contributed by atoms with Gasteiger partial charge in [0.2, 0.25) is 10.0 Å². The van der Waals surface area contributed by atoms with Gasteiger partial charge in [-0.3, -0.25) is 4.79 Å². The predicted octanol–water partition coefficient (Wildman–Crippen LogP) is 5.78. The van der Waals surface area contributed by atoms with Gasteiger partial charge in [0.1, 0.15) is 17.3 Å². The van der Waals surface area contributed by atoms with Gasteiger partial charge in [-0.05, 0) is 62.8 Å². The molecule has 2 heterocycles. The minimum atomic E-state index is -4.55. The third-order valence-electron chi connectivity index (χ3n) is 8.89. The number of aromatic nitrogens is 1. The van der Waals surface area contributed by atoms with Crippen LogP contribution in [0.25, 0.3) is 11.3 Å². The molecule has 2 aromatic carbocycles. The van der Waals surface area contributed by atoms with Gasteiger partial charge in [0.15, 0.2) is 0 Å². The van der Waals surface area contributed by atoms with E-state index in [0.29, 0.717) is 42.8 Å². The second-order valence-electron chi connectivity index (χ2n) is 11.9. The van der Waals surface area contributed by atoms with Crippen LogP contribution in [0, 0.1) is 11.7 Å². The lowest BCUT2D eigenvalue weighted by Crippen LogP contribution is -2.39. The molecular weight excluding hydrogens is 590 g/mol. The summed E-state index contributed by atoms with van der Waals surface area (Å²) < 4.78 is 94.6. The van der Waals surface area contributed by atoms with Crippen molar-refractivity contribution in [3.8, 4) is 11.3 Å². The first kappa shape index (κ1) is 28.3. The molecule has 228 valence electrons. The molecule has 3 aromatic rings. The van der Waals surface area contributed by atoms with Gasteiger partial charge in [0.25, 0.3) is 5.91 Å². The van der Waals surface area contributed by atoms with E-state index in [1.54, 1.807) is 6.07 Å². The van der Waals surface area contributed by atoms with Gasteiger partial charge in [0.05, 0.1) is 29.2 Å². The maximum Gasteiger partial charge on any atom is 0.417 e. The van der Waals surface area contributed by atoms with E-state index in [9.17, 15) is 26.4 Å². The number of hydrogen-bond donors (Lipinski definition) is 1. The summed E-state index contributed by atoms with van der Waals surface area (Å²) in [5, 5.41) is 3.49. The summed E-state index contributed by atoms with van der Waals surface area (Å²) in [4.78, 5) is 14.3. The second kappa shape index (κ2) is 10.3. The molecule has 1 N–H and O–H groups in total. The van der Waals surface area contributed by atoms with Crippen LogP contribution in [0.5, 0.6) is 0 Å². The van der Waals surface area contributed by atoms with Crippen LogP contribution in [0.2, 0.25) is 0 Å². The fourth-order valence-electron chi connectivity index (χ4n) is 6.40. The molecule has 4 fully saturated rings.